The third-order valence-electron chi connectivity index (χ3n) is 6.36. The van der Waals surface area contributed by atoms with Crippen molar-refractivity contribution in [3.05, 3.63) is 76.8 Å². The van der Waals surface area contributed by atoms with E-state index in [1.165, 1.54) is 11.3 Å². The molecule has 0 fully saturated rings. The molecule has 0 aliphatic heterocycles. The van der Waals surface area contributed by atoms with Gasteiger partial charge in [-0.1, -0.05) is 19.1 Å². The average molecular weight is 462 g/mol. The summed E-state index contributed by atoms with van der Waals surface area (Å²) in [4.78, 5) is 24.0. The van der Waals surface area contributed by atoms with Crippen LogP contribution in [0.5, 0.6) is 0 Å². The van der Waals surface area contributed by atoms with Crippen LogP contribution in [0.1, 0.15) is 33.6 Å². The van der Waals surface area contributed by atoms with Gasteiger partial charge < -0.3 is 15.5 Å². The van der Waals surface area contributed by atoms with Crippen LogP contribution >= 0.6 is 11.3 Å². The van der Waals surface area contributed by atoms with Crippen molar-refractivity contribution in [3.8, 4) is 11.3 Å². The van der Waals surface area contributed by atoms with E-state index in [4.69, 9.17) is 4.98 Å². The Morgan fingerprint density at radius 3 is 2.76 bits per heavy atom. The Kier molecular flexibility index (Phi) is 6.51. The van der Waals surface area contributed by atoms with E-state index in [0.29, 0.717) is 12.3 Å². The number of allylic oxidation sites excluding steroid dienone is 5. The van der Waals surface area contributed by atoms with E-state index in [0.717, 1.165) is 34.1 Å². The highest BCUT2D eigenvalue weighted by atomic mass is 32.1. The maximum absolute atomic E-state index is 13.0. The van der Waals surface area contributed by atoms with E-state index in [2.05, 4.69) is 53.4 Å². The van der Waals surface area contributed by atoms with Crippen LogP contribution in [-0.4, -0.2) is 40.4 Å². The number of pyridine rings is 1. The maximum Gasteiger partial charge on any atom is 0.251 e. The van der Waals surface area contributed by atoms with E-state index in [9.17, 15) is 4.79 Å². The maximum atomic E-state index is 13.0. The number of nitrogens with one attached hydrogen (secondary N) is 2. The van der Waals surface area contributed by atoms with Gasteiger partial charge in [0.2, 0.25) is 0 Å². The fraction of sp³-hybridized carbons (Fsp3) is 0.346. The lowest BCUT2D eigenvalue weighted by Crippen LogP contribution is -2.41. The van der Waals surface area contributed by atoms with Gasteiger partial charge in [0, 0.05) is 66.7 Å². The molecule has 0 aromatic carbocycles. The van der Waals surface area contributed by atoms with Gasteiger partial charge in [-0.2, -0.15) is 0 Å². The summed E-state index contributed by atoms with van der Waals surface area (Å²) in [6.07, 6.45) is 13.1. The Morgan fingerprint density at radius 2 is 2.06 bits per heavy atom. The molecule has 0 bridgehead atoms. The van der Waals surface area contributed by atoms with Gasteiger partial charge in [-0.05, 0) is 50.1 Å². The van der Waals surface area contributed by atoms with E-state index >= 15 is 0 Å². The largest absolute Gasteiger partial charge is 0.381 e. The number of amides is 1. The second-order valence-corrected chi connectivity index (χ2v) is 10.1. The summed E-state index contributed by atoms with van der Waals surface area (Å²) >= 11 is 1.58. The third kappa shape index (κ3) is 5.09. The first-order valence-corrected chi connectivity index (χ1v) is 12.0. The fourth-order valence-electron chi connectivity index (χ4n) is 4.27. The molecular formula is C26H31N5OS. The number of aromatic nitrogens is 2. The standard InChI is InChI=1S/C26H31N5OS/c1-17-13-19(9-11-23(17)31(4)5)24(32)28-21-10-8-18(2)26(3,14-21)30-25-29-22(16-33-25)20-7-6-12-27-15-20/h6-12,15-17H,13-14H2,1-5H3,(H,28,32)(H,29,30). The van der Waals surface area contributed by atoms with Gasteiger partial charge in [0.1, 0.15) is 0 Å². The molecule has 2 unspecified atom stereocenters. The second kappa shape index (κ2) is 9.35. The Labute approximate surface area is 199 Å². The number of carbonyl (C=O) groups is 1. The van der Waals surface area contributed by atoms with E-state index in [1.807, 2.05) is 50.0 Å². The summed E-state index contributed by atoms with van der Waals surface area (Å²) in [6, 6.07) is 3.92. The van der Waals surface area contributed by atoms with Crippen LogP contribution in [0.15, 0.2) is 76.8 Å². The number of nitrogens with zero attached hydrogens (tertiary/aromatic N) is 3. The Morgan fingerprint density at radius 1 is 1.24 bits per heavy atom. The van der Waals surface area contributed by atoms with Crippen molar-refractivity contribution in [2.45, 2.75) is 39.2 Å². The van der Waals surface area contributed by atoms with Crippen LogP contribution in [-0.2, 0) is 4.79 Å². The summed E-state index contributed by atoms with van der Waals surface area (Å²) < 4.78 is 0. The SMILES string of the molecule is CC1=CC=C(NC(=O)C2=CC=C(N(C)C)C(C)C2)CC1(C)Nc1nc(-c2cccnc2)cs1. The van der Waals surface area contributed by atoms with Gasteiger partial charge in [-0.3, -0.25) is 9.78 Å². The fourth-order valence-corrected chi connectivity index (χ4v) is 5.12. The van der Waals surface area contributed by atoms with Crippen LogP contribution in [0, 0.1) is 5.92 Å². The molecule has 2 aliphatic rings. The average Bonchev–Trinajstić information content (AvgIpc) is 3.24. The van der Waals surface area contributed by atoms with Crippen molar-refractivity contribution in [2.75, 3.05) is 19.4 Å². The van der Waals surface area contributed by atoms with E-state index < -0.39 is 0 Å². The summed E-state index contributed by atoms with van der Waals surface area (Å²) in [5.41, 5.74) is 5.72. The quantitative estimate of drug-likeness (QED) is 0.624. The van der Waals surface area contributed by atoms with Gasteiger partial charge in [-0.15, -0.1) is 11.3 Å². The normalized spacial score (nSPS) is 22.5. The van der Waals surface area contributed by atoms with Gasteiger partial charge in [-0.25, -0.2) is 4.98 Å². The zero-order valence-electron chi connectivity index (χ0n) is 19.8. The molecule has 1 amide bonds. The first-order valence-electron chi connectivity index (χ1n) is 11.2. The Hall–Kier alpha value is -3.19. The molecule has 172 valence electrons. The molecule has 2 heterocycles. The second-order valence-electron chi connectivity index (χ2n) is 9.19. The van der Waals surface area contributed by atoms with E-state index in [-0.39, 0.29) is 11.4 Å². The molecular weight excluding hydrogens is 430 g/mol. The molecule has 7 heteroatoms. The molecule has 2 N–H and O–H groups in total. The number of carbonyl (C=O) groups excluding carboxylic acids is 1. The minimum Gasteiger partial charge on any atom is -0.381 e. The number of hydrogen-bond donors (Lipinski definition) is 2. The van der Waals surface area contributed by atoms with E-state index in [1.54, 1.807) is 17.5 Å². The summed E-state index contributed by atoms with van der Waals surface area (Å²) in [6.45, 7) is 6.42. The molecule has 2 aromatic rings. The molecule has 2 atom stereocenters. The first-order chi connectivity index (χ1) is 15.7. The molecule has 33 heavy (non-hydrogen) atoms. The summed E-state index contributed by atoms with van der Waals surface area (Å²) in [7, 11) is 4.08. The van der Waals surface area contributed by atoms with Gasteiger partial charge >= 0.3 is 0 Å². The molecule has 2 aromatic heterocycles. The smallest absolute Gasteiger partial charge is 0.251 e. The van der Waals surface area contributed by atoms with Gasteiger partial charge in [0.25, 0.3) is 5.91 Å². The highest BCUT2D eigenvalue weighted by Crippen LogP contribution is 2.34. The van der Waals surface area contributed by atoms with Gasteiger partial charge in [0.05, 0.1) is 11.2 Å². The Balaban J connectivity index is 1.45. The van der Waals surface area contributed by atoms with Crippen LogP contribution in [0.2, 0.25) is 0 Å². The predicted octanol–water partition coefficient (Wildman–Crippen LogP) is 5.14. The number of anilines is 1. The minimum atomic E-state index is -0.340. The molecule has 0 saturated carbocycles. The lowest BCUT2D eigenvalue weighted by atomic mass is 9.84. The first kappa shape index (κ1) is 23.0. The zero-order valence-corrected chi connectivity index (χ0v) is 20.7. The minimum absolute atomic E-state index is 0.0226. The Bertz CT molecular complexity index is 1160. The molecule has 0 spiro atoms. The lowest BCUT2D eigenvalue weighted by molar-refractivity contribution is -0.117. The van der Waals surface area contributed by atoms with Crippen molar-refractivity contribution < 1.29 is 4.79 Å². The molecule has 0 radical (unpaired) electrons. The molecule has 0 saturated heterocycles. The van der Waals surface area contributed by atoms with Gasteiger partial charge in [0.15, 0.2) is 5.13 Å². The van der Waals surface area contributed by atoms with Crippen molar-refractivity contribution in [3.63, 3.8) is 0 Å². The third-order valence-corrected chi connectivity index (χ3v) is 7.12. The molecule has 6 nitrogen and oxygen atoms in total. The molecule has 4 rings (SSSR count). The molecule has 2 aliphatic carbocycles. The lowest BCUT2D eigenvalue weighted by Gasteiger charge is -2.35. The topological polar surface area (TPSA) is 70.2 Å². The zero-order chi connectivity index (χ0) is 23.6. The highest BCUT2D eigenvalue weighted by Gasteiger charge is 2.32. The highest BCUT2D eigenvalue weighted by molar-refractivity contribution is 7.14. The summed E-state index contributed by atoms with van der Waals surface area (Å²) in [5, 5.41) is 9.64. The van der Waals surface area contributed by atoms with Crippen LogP contribution in [0.3, 0.4) is 0 Å². The predicted molar refractivity (Wildman–Crippen MR) is 136 cm³/mol. The van der Waals surface area contributed by atoms with Crippen LogP contribution in [0.25, 0.3) is 11.3 Å². The monoisotopic (exact) mass is 461 g/mol. The summed E-state index contributed by atoms with van der Waals surface area (Å²) in [5.74, 6) is 0.296. The van der Waals surface area contributed by atoms with Crippen LogP contribution < -0.4 is 10.6 Å². The number of rotatable bonds is 6. The van der Waals surface area contributed by atoms with Crippen molar-refractivity contribution in [1.82, 2.24) is 20.2 Å². The number of thiazole rings is 1. The van der Waals surface area contributed by atoms with Crippen molar-refractivity contribution >= 4 is 22.4 Å². The van der Waals surface area contributed by atoms with Crippen molar-refractivity contribution in [2.24, 2.45) is 5.92 Å². The van der Waals surface area contributed by atoms with Crippen LogP contribution in [0.4, 0.5) is 5.13 Å². The van der Waals surface area contributed by atoms with Crippen molar-refractivity contribution in [1.29, 1.82) is 0 Å². The number of hydrogen-bond acceptors (Lipinski definition) is 6.